The molecule has 0 radical (unpaired) electrons. The van der Waals surface area contributed by atoms with Crippen LogP contribution >= 0.6 is 24.0 Å². The van der Waals surface area contributed by atoms with Gasteiger partial charge in [-0.15, -0.1) is 24.0 Å². The van der Waals surface area contributed by atoms with Gasteiger partial charge in [0.2, 0.25) is 0 Å². The number of hydrogen-bond acceptors (Lipinski definition) is 4. The molecule has 0 aliphatic carbocycles. The fourth-order valence-corrected chi connectivity index (χ4v) is 2.96. The van der Waals surface area contributed by atoms with Crippen molar-refractivity contribution < 1.29 is 9.13 Å². The van der Waals surface area contributed by atoms with Gasteiger partial charge in [0.1, 0.15) is 5.82 Å². The fraction of sp³-hybridized carbons (Fsp3) is 0.579. The Kier molecular flexibility index (Phi) is 11.2. The molecule has 0 spiro atoms. The lowest BCUT2D eigenvalue weighted by Crippen LogP contribution is -2.49. The van der Waals surface area contributed by atoms with Crippen molar-refractivity contribution in [2.24, 2.45) is 4.99 Å². The normalized spacial score (nSPS) is 15.7. The molecule has 150 valence electrons. The Morgan fingerprint density at radius 2 is 2.15 bits per heavy atom. The van der Waals surface area contributed by atoms with Gasteiger partial charge in [0.25, 0.3) is 0 Å². The predicted octanol–water partition coefficient (Wildman–Crippen LogP) is 2.48. The van der Waals surface area contributed by atoms with Crippen molar-refractivity contribution in [2.45, 2.75) is 32.4 Å². The second-order valence-electron chi connectivity index (χ2n) is 6.37. The second-order valence-corrected chi connectivity index (χ2v) is 6.37. The Morgan fingerprint density at radius 3 is 2.78 bits per heavy atom. The Balaban J connectivity index is 0.00000364. The highest BCUT2D eigenvalue weighted by Gasteiger charge is 2.19. The minimum absolute atomic E-state index is 0. The highest BCUT2D eigenvalue weighted by atomic mass is 127. The quantitative estimate of drug-likeness (QED) is 0.350. The van der Waals surface area contributed by atoms with Crippen LogP contribution in [0.25, 0.3) is 0 Å². The number of aliphatic imine (C=N–C) groups is 1. The van der Waals surface area contributed by atoms with Gasteiger partial charge in [0.15, 0.2) is 5.96 Å². The summed E-state index contributed by atoms with van der Waals surface area (Å²) in [6, 6.07) is 6.73. The third kappa shape index (κ3) is 7.99. The summed E-state index contributed by atoms with van der Waals surface area (Å²) in [4.78, 5) is 6.89. The molecule has 0 saturated carbocycles. The van der Waals surface area contributed by atoms with Crippen LogP contribution in [-0.4, -0.2) is 56.8 Å². The van der Waals surface area contributed by atoms with Crippen LogP contribution < -0.4 is 10.6 Å². The summed E-state index contributed by atoms with van der Waals surface area (Å²) in [5.41, 5.74) is 0.869. The van der Waals surface area contributed by atoms with Gasteiger partial charge in [-0.1, -0.05) is 0 Å². The van der Waals surface area contributed by atoms with Crippen LogP contribution in [0, 0.1) is 17.1 Å². The summed E-state index contributed by atoms with van der Waals surface area (Å²) in [5.74, 6) is 0.347. The first-order chi connectivity index (χ1) is 12.7. The van der Waals surface area contributed by atoms with Gasteiger partial charge in [-0.05, 0) is 38.0 Å². The largest absolute Gasteiger partial charge is 0.383 e. The van der Waals surface area contributed by atoms with Crippen molar-refractivity contribution in [3.63, 3.8) is 0 Å². The van der Waals surface area contributed by atoms with E-state index in [4.69, 9.17) is 10.00 Å². The van der Waals surface area contributed by atoms with Crippen LogP contribution in [0.5, 0.6) is 0 Å². The van der Waals surface area contributed by atoms with E-state index in [0.717, 1.165) is 45.6 Å². The van der Waals surface area contributed by atoms with Gasteiger partial charge in [0.05, 0.1) is 24.8 Å². The molecule has 27 heavy (non-hydrogen) atoms. The van der Waals surface area contributed by atoms with Gasteiger partial charge in [0, 0.05) is 44.9 Å². The molecule has 1 aliphatic rings. The maximum absolute atomic E-state index is 13.9. The van der Waals surface area contributed by atoms with Crippen LogP contribution in [0.15, 0.2) is 23.2 Å². The average Bonchev–Trinajstić information content (AvgIpc) is 2.66. The molecule has 0 bridgehead atoms. The molecule has 1 aromatic rings. The van der Waals surface area contributed by atoms with Crippen LogP contribution in [0.2, 0.25) is 0 Å². The van der Waals surface area contributed by atoms with E-state index in [1.165, 1.54) is 12.1 Å². The molecule has 1 saturated heterocycles. The molecule has 1 heterocycles. The van der Waals surface area contributed by atoms with E-state index in [1.807, 2.05) is 13.0 Å². The summed E-state index contributed by atoms with van der Waals surface area (Å²) in [7, 11) is 1.72. The lowest BCUT2D eigenvalue weighted by atomic mass is 10.1. The van der Waals surface area contributed by atoms with Crippen molar-refractivity contribution in [2.75, 3.05) is 39.9 Å². The zero-order chi connectivity index (χ0) is 18.8. The minimum atomic E-state index is -0.338. The highest BCUT2D eigenvalue weighted by molar-refractivity contribution is 14.0. The molecule has 2 N–H and O–H groups in total. The summed E-state index contributed by atoms with van der Waals surface area (Å²) in [6.45, 7) is 6.71. The van der Waals surface area contributed by atoms with E-state index in [2.05, 4.69) is 20.5 Å². The number of methoxy groups -OCH3 is 1. The van der Waals surface area contributed by atoms with E-state index < -0.39 is 0 Å². The molecule has 0 atom stereocenters. The van der Waals surface area contributed by atoms with Gasteiger partial charge in [-0.25, -0.2) is 9.38 Å². The Bertz CT molecular complexity index is 641. The first-order valence-corrected chi connectivity index (χ1v) is 9.11. The second kappa shape index (κ2) is 12.9. The monoisotopic (exact) mass is 489 g/mol. The van der Waals surface area contributed by atoms with Crippen molar-refractivity contribution >= 4 is 29.9 Å². The number of ether oxygens (including phenoxy) is 1. The number of halogens is 2. The first-order valence-electron chi connectivity index (χ1n) is 9.11. The zero-order valence-electron chi connectivity index (χ0n) is 16.0. The van der Waals surface area contributed by atoms with Crippen molar-refractivity contribution in [3.05, 3.63) is 35.1 Å². The number of rotatable bonds is 7. The smallest absolute Gasteiger partial charge is 0.191 e. The Morgan fingerprint density at radius 1 is 1.41 bits per heavy atom. The number of nitrogens with zero attached hydrogens (tertiary/aromatic N) is 3. The molecule has 0 amide bonds. The highest BCUT2D eigenvalue weighted by Crippen LogP contribution is 2.12. The lowest BCUT2D eigenvalue weighted by molar-refractivity contribution is 0.128. The molecular formula is C19H29FIN5O. The van der Waals surface area contributed by atoms with E-state index in [9.17, 15) is 4.39 Å². The van der Waals surface area contributed by atoms with Gasteiger partial charge < -0.3 is 20.3 Å². The topological polar surface area (TPSA) is 72.7 Å². The van der Waals surface area contributed by atoms with Crippen molar-refractivity contribution in [3.8, 4) is 6.07 Å². The maximum atomic E-state index is 13.9. The molecule has 1 fully saturated rings. The number of likely N-dealkylation sites (tertiary alicyclic amines) is 1. The van der Waals surface area contributed by atoms with Crippen molar-refractivity contribution in [1.29, 1.82) is 5.26 Å². The van der Waals surface area contributed by atoms with Crippen molar-refractivity contribution in [1.82, 2.24) is 15.5 Å². The number of nitriles is 1. The molecule has 0 aromatic heterocycles. The van der Waals surface area contributed by atoms with Gasteiger partial charge in [-0.2, -0.15) is 5.26 Å². The Hall–Kier alpha value is -1.44. The van der Waals surface area contributed by atoms with E-state index in [-0.39, 0.29) is 36.3 Å². The summed E-state index contributed by atoms with van der Waals surface area (Å²) in [6.07, 6.45) is 2.07. The number of piperidine rings is 1. The molecule has 1 aliphatic heterocycles. The molecule has 1 aromatic carbocycles. The van der Waals surface area contributed by atoms with Crippen LogP contribution in [0.1, 0.15) is 30.9 Å². The standard InChI is InChI=1S/C19H28FN5O.HI/c1-3-22-19(23-14-16-12-15(13-21)4-5-18(16)20)24-17-6-8-25(9-7-17)10-11-26-2;/h4-5,12,17H,3,6-11,14H2,1-2H3,(H2,22,23,24);1H. The SMILES string of the molecule is CCNC(=NCc1cc(C#N)ccc1F)NC1CCN(CCOC)CC1.I. The first kappa shape index (κ1) is 23.6. The zero-order valence-corrected chi connectivity index (χ0v) is 18.3. The fourth-order valence-electron chi connectivity index (χ4n) is 2.96. The molecule has 6 nitrogen and oxygen atoms in total. The van der Waals surface area contributed by atoms with E-state index in [1.54, 1.807) is 13.2 Å². The molecule has 2 rings (SSSR count). The van der Waals surface area contributed by atoms with E-state index >= 15 is 0 Å². The lowest BCUT2D eigenvalue weighted by Gasteiger charge is -2.32. The average molecular weight is 489 g/mol. The Labute approximate surface area is 178 Å². The number of hydrogen-bond donors (Lipinski definition) is 2. The van der Waals surface area contributed by atoms with E-state index in [0.29, 0.717) is 23.1 Å². The predicted molar refractivity (Wildman–Crippen MR) is 116 cm³/mol. The number of benzene rings is 1. The van der Waals surface area contributed by atoms with Gasteiger partial charge in [-0.3, -0.25) is 0 Å². The number of nitrogens with one attached hydrogen (secondary N) is 2. The third-order valence-corrected chi connectivity index (χ3v) is 4.47. The molecule has 8 heteroatoms. The molecule has 0 unspecified atom stereocenters. The summed E-state index contributed by atoms with van der Waals surface area (Å²) in [5, 5.41) is 15.6. The number of guanidine groups is 1. The van der Waals surface area contributed by atoms with Crippen LogP contribution in [0.3, 0.4) is 0 Å². The van der Waals surface area contributed by atoms with Crippen LogP contribution in [-0.2, 0) is 11.3 Å². The molecular weight excluding hydrogens is 460 g/mol. The third-order valence-electron chi connectivity index (χ3n) is 4.47. The minimum Gasteiger partial charge on any atom is -0.383 e. The maximum Gasteiger partial charge on any atom is 0.191 e. The van der Waals surface area contributed by atoms with Crippen LogP contribution in [0.4, 0.5) is 4.39 Å². The van der Waals surface area contributed by atoms with Gasteiger partial charge >= 0.3 is 0 Å². The summed E-state index contributed by atoms with van der Waals surface area (Å²) < 4.78 is 19.0. The summed E-state index contributed by atoms with van der Waals surface area (Å²) >= 11 is 0.